The molecule has 2 N–H and O–H groups in total. The molecule has 3 aromatic rings. The van der Waals surface area contributed by atoms with Crippen molar-refractivity contribution in [3.05, 3.63) is 101 Å². The van der Waals surface area contributed by atoms with Gasteiger partial charge in [-0.2, -0.15) is 0 Å². The van der Waals surface area contributed by atoms with Crippen molar-refractivity contribution in [2.24, 2.45) is 0 Å². The van der Waals surface area contributed by atoms with Crippen molar-refractivity contribution >= 4 is 17.4 Å². The number of nitrogens with zero attached hydrogens (tertiary/aromatic N) is 2. The van der Waals surface area contributed by atoms with Crippen molar-refractivity contribution in [1.82, 2.24) is 9.80 Å². The molecule has 0 aromatic heterocycles. The Morgan fingerprint density at radius 2 is 1.71 bits per heavy atom. The molecule has 0 spiro atoms. The molecule has 3 aromatic carbocycles. The Hall–Kier alpha value is -4.10. The Morgan fingerprint density at radius 3 is 2.37 bits per heavy atom. The Kier molecular flexibility index (Phi) is 8.48. The van der Waals surface area contributed by atoms with E-state index >= 15 is 0 Å². The van der Waals surface area contributed by atoms with Gasteiger partial charge >= 0.3 is 0 Å². The number of rotatable bonds is 10. The van der Waals surface area contributed by atoms with Gasteiger partial charge in [-0.05, 0) is 67.0 Å². The van der Waals surface area contributed by atoms with Crippen LogP contribution < -0.4 is 4.74 Å². The summed E-state index contributed by atoms with van der Waals surface area (Å²) in [5.41, 5.74) is 2.81. The molecule has 1 amide bonds. The predicted octanol–water partition coefficient (Wildman–Crippen LogP) is 5.04. The average Bonchev–Trinajstić information content (AvgIpc) is 3.18. The van der Waals surface area contributed by atoms with Crippen molar-refractivity contribution in [3.8, 4) is 11.5 Å². The number of carbonyl (C=O) groups is 2. The topological polar surface area (TPSA) is 90.3 Å². The van der Waals surface area contributed by atoms with E-state index in [-0.39, 0.29) is 17.1 Å². The van der Waals surface area contributed by atoms with Gasteiger partial charge in [0.1, 0.15) is 23.9 Å². The lowest BCUT2D eigenvalue weighted by molar-refractivity contribution is -0.140. The van der Waals surface area contributed by atoms with Crippen LogP contribution in [0.3, 0.4) is 0 Å². The number of hydrogen-bond donors (Lipinski definition) is 2. The van der Waals surface area contributed by atoms with Crippen LogP contribution in [0, 0.1) is 6.92 Å². The zero-order chi connectivity index (χ0) is 27.2. The number of aryl methyl sites for hydroxylation is 1. The Balaban J connectivity index is 1.69. The maximum atomic E-state index is 13.3. The number of likely N-dealkylation sites (N-methyl/N-ethyl adjacent to an activating group) is 1. The normalized spacial score (nSPS) is 16.8. The molecular weight excluding hydrogens is 480 g/mol. The maximum Gasteiger partial charge on any atom is 0.295 e. The summed E-state index contributed by atoms with van der Waals surface area (Å²) in [5, 5.41) is 21.5. The molecule has 7 nitrogen and oxygen atoms in total. The third-order valence-electron chi connectivity index (χ3n) is 6.96. The van der Waals surface area contributed by atoms with Gasteiger partial charge in [0.25, 0.3) is 11.7 Å². The second kappa shape index (κ2) is 12.0. The average molecular weight is 515 g/mol. The minimum Gasteiger partial charge on any atom is -0.508 e. The second-order valence-electron chi connectivity index (χ2n) is 9.37. The van der Waals surface area contributed by atoms with Gasteiger partial charge in [0.05, 0.1) is 11.6 Å². The third kappa shape index (κ3) is 5.73. The lowest BCUT2D eigenvalue weighted by atomic mass is 9.94. The van der Waals surface area contributed by atoms with Gasteiger partial charge < -0.3 is 24.7 Å². The third-order valence-corrected chi connectivity index (χ3v) is 6.96. The highest BCUT2D eigenvalue weighted by molar-refractivity contribution is 6.46. The molecule has 7 heteroatoms. The molecule has 1 atom stereocenters. The molecule has 0 saturated carbocycles. The molecule has 1 aliphatic rings. The van der Waals surface area contributed by atoms with Crippen LogP contribution in [0.2, 0.25) is 0 Å². The first-order valence-electron chi connectivity index (χ1n) is 12.9. The number of amides is 1. The number of benzene rings is 3. The van der Waals surface area contributed by atoms with E-state index in [1.165, 1.54) is 17.0 Å². The first-order valence-corrected chi connectivity index (χ1v) is 12.9. The van der Waals surface area contributed by atoms with E-state index in [4.69, 9.17) is 4.74 Å². The zero-order valence-electron chi connectivity index (χ0n) is 22.1. The fourth-order valence-corrected chi connectivity index (χ4v) is 4.79. The SMILES string of the molecule is CCN(CC)CCN1C(=O)C(=O)/C(=C(\O)c2ccc(OCc3ccccc3)c(C)c2)C1c1cccc(O)c1. The number of phenols is 1. The number of ketones is 1. The van der Waals surface area contributed by atoms with Crippen LogP contribution in [-0.4, -0.2) is 57.9 Å². The summed E-state index contributed by atoms with van der Waals surface area (Å²) in [6.45, 7) is 8.88. The molecule has 4 rings (SSSR count). The highest BCUT2D eigenvalue weighted by Gasteiger charge is 2.46. The quantitative estimate of drug-likeness (QED) is 0.224. The summed E-state index contributed by atoms with van der Waals surface area (Å²) in [7, 11) is 0. The molecule has 1 heterocycles. The molecule has 1 unspecified atom stereocenters. The van der Waals surface area contributed by atoms with Crippen LogP contribution in [0.25, 0.3) is 5.76 Å². The van der Waals surface area contributed by atoms with Gasteiger partial charge in [-0.15, -0.1) is 0 Å². The predicted molar refractivity (Wildman–Crippen MR) is 147 cm³/mol. The van der Waals surface area contributed by atoms with Crippen LogP contribution in [0.1, 0.15) is 42.1 Å². The van der Waals surface area contributed by atoms with E-state index in [0.717, 1.165) is 24.2 Å². The molecule has 1 saturated heterocycles. The van der Waals surface area contributed by atoms with Crippen LogP contribution in [0.15, 0.2) is 78.4 Å². The highest BCUT2D eigenvalue weighted by atomic mass is 16.5. The summed E-state index contributed by atoms with van der Waals surface area (Å²) in [4.78, 5) is 30.1. The number of Topliss-reactive ketones (excluding diaryl/α,β-unsaturated/α-hetero) is 1. The largest absolute Gasteiger partial charge is 0.508 e. The smallest absolute Gasteiger partial charge is 0.295 e. The lowest BCUT2D eigenvalue weighted by Gasteiger charge is -2.28. The summed E-state index contributed by atoms with van der Waals surface area (Å²) in [5.74, 6) is -0.967. The van der Waals surface area contributed by atoms with Gasteiger partial charge in [0, 0.05) is 18.7 Å². The monoisotopic (exact) mass is 514 g/mol. The summed E-state index contributed by atoms with van der Waals surface area (Å²) in [6.07, 6.45) is 0. The molecule has 1 aliphatic heterocycles. The number of aliphatic hydroxyl groups is 1. The van der Waals surface area contributed by atoms with Crippen molar-refractivity contribution in [2.75, 3.05) is 26.2 Å². The number of carbonyl (C=O) groups excluding carboxylic acids is 2. The maximum absolute atomic E-state index is 13.3. The minimum absolute atomic E-state index is 0.0116. The van der Waals surface area contributed by atoms with Crippen LogP contribution >= 0.6 is 0 Å². The van der Waals surface area contributed by atoms with Crippen molar-refractivity contribution < 1.29 is 24.5 Å². The fraction of sp³-hybridized carbons (Fsp3) is 0.290. The highest BCUT2D eigenvalue weighted by Crippen LogP contribution is 2.40. The van der Waals surface area contributed by atoms with Gasteiger partial charge in [-0.3, -0.25) is 9.59 Å². The van der Waals surface area contributed by atoms with E-state index in [9.17, 15) is 19.8 Å². The molecule has 198 valence electrons. The lowest BCUT2D eigenvalue weighted by Crippen LogP contribution is -2.38. The molecule has 38 heavy (non-hydrogen) atoms. The Morgan fingerprint density at radius 1 is 0.974 bits per heavy atom. The van der Waals surface area contributed by atoms with Crippen molar-refractivity contribution in [3.63, 3.8) is 0 Å². The van der Waals surface area contributed by atoms with E-state index in [1.807, 2.05) is 51.1 Å². The van der Waals surface area contributed by atoms with Crippen LogP contribution in [-0.2, 0) is 16.2 Å². The first kappa shape index (κ1) is 26.9. The van der Waals surface area contributed by atoms with Gasteiger partial charge in [-0.25, -0.2) is 0 Å². The number of hydrogen-bond acceptors (Lipinski definition) is 6. The number of aromatic hydroxyl groups is 1. The second-order valence-corrected chi connectivity index (χ2v) is 9.37. The van der Waals surface area contributed by atoms with Crippen molar-refractivity contribution in [2.45, 2.75) is 33.4 Å². The van der Waals surface area contributed by atoms with E-state index in [1.54, 1.807) is 30.3 Å². The fourth-order valence-electron chi connectivity index (χ4n) is 4.79. The molecule has 0 bridgehead atoms. The van der Waals surface area contributed by atoms with Crippen molar-refractivity contribution in [1.29, 1.82) is 0 Å². The molecule has 0 radical (unpaired) electrons. The number of phenolic OH excluding ortho intramolecular Hbond substituents is 1. The number of ether oxygens (including phenoxy) is 1. The number of aliphatic hydroxyl groups excluding tert-OH is 1. The summed E-state index contributed by atoms with van der Waals surface area (Å²) >= 11 is 0. The zero-order valence-corrected chi connectivity index (χ0v) is 22.1. The minimum atomic E-state index is -0.813. The van der Waals surface area contributed by atoms with Gasteiger partial charge in [0.15, 0.2) is 0 Å². The van der Waals surface area contributed by atoms with Crippen LogP contribution in [0.4, 0.5) is 0 Å². The van der Waals surface area contributed by atoms with E-state index in [0.29, 0.717) is 36.6 Å². The first-order chi connectivity index (χ1) is 18.3. The number of likely N-dealkylation sites (tertiary alicyclic amines) is 1. The standard InChI is InChI=1S/C31H34N2O5/c1-4-32(5-2)16-17-33-28(23-12-9-13-25(34)19-23)27(30(36)31(33)37)29(35)24-14-15-26(21(3)18-24)38-20-22-10-7-6-8-11-22/h6-15,18-19,28,34-35H,4-5,16-17,20H2,1-3H3/b29-27-. The molecule has 0 aliphatic carbocycles. The molecule has 1 fully saturated rings. The summed E-state index contributed by atoms with van der Waals surface area (Å²) < 4.78 is 5.96. The van der Waals surface area contributed by atoms with Crippen LogP contribution in [0.5, 0.6) is 11.5 Å². The Labute approximate surface area is 223 Å². The van der Waals surface area contributed by atoms with E-state index < -0.39 is 17.7 Å². The summed E-state index contributed by atoms with van der Waals surface area (Å²) in [6, 6.07) is 20.7. The van der Waals surface area contributed by atoms with Gasteiger partial charge in [-0.1, -0.05) is 56.3 Å². The Bertz CT molecular complexity index is 1330. The van der Waals surface area contributed by atoms with E-state index in [2.05, 4.69) is 4.90 Å². The van der Waals surface area contributed by atoms with Gasteiger partial charge in [0.2, 0.25) is 0 Å². The molecular formula is C31H34N2O5.